The zero-order valence-corrected chi connectivity index (χ0v) is 18.9. The zero-order valence-electron chi connectivity index (χ0n) is 18.1. The van der Waals surface area contributed by atoms with Crippen molar-refractivity contribution in [2.75, 3.05) is 38.6 Å². The minimum Gasteiger partial charge on any atom is -0.495 e. The average molecular weight is 472 g/mol. The van der Waals surface area contributed by atoms with Crippen LogP contribution >= 0.6 is 11.6 Å². The number of carbonyl (C=O) groups is 1. The predicted octanol–water partition coefficient (Wildman–Crippen LogP) is 5.57. The molecular formula is C25H24ClF2N3O2. The van der Waals surface area contributed by atoms with Gasteiger partial charge in [0.2, 0.25) is 0 Å². The number of hydrogen-bond acceptors (Lipinski definition) is 3. The topological polar surface area (TPSA) is 44.8 Å². The summed E-state index contributed by atoms with van der Waals surface area (Å²) in [6.45, 7) is 2.18. The first-order valence-electron chi connectivity index (χ1n) is 10.6. The molecule has 0 aliphatic carbocycles. The standard InChI is InChI=1S/C25H24ClF2N3O2/c1-33-23-11-6-19(26)16-22(23)29-25(32)31-14-12-30(13-15-31)24(17-2-7-20(27)8-3-17)18-4-9-21(28)10-5-18/h2-11,16,24H,12-15H2,1H3,(H,29,32). The molecule has 0 unspecified atom stereocenters. The van der Waals surface area contributed by atoms with Crippen LogP contribution in [0, 0.1) is 11.6 Å². The van der Waals surface area contributed by atoms with Crippen LogP contribution in [0.4, 0.5) is 19.3 Å². The molecule has 3 aromatic carbocycles. The number of carbonyl (C=O) groups excluding carboxylic acids is 1. The van der Waals surface area contributed by atoms with Gasteiger partial charge in [0.15, 0.2) is 0 Å². The van der Waals surface area contributed by atoms with Crippen LogP contribution in [0.5, 0.6) is 5.75 Å². The number of methoxy groups -OCH3 is 1. The molecule has 5 nitrogen and oxygen atoms in total. The van der Waals surface area contributed by atoms with Gasteiger partial charge < -0.3 is 15.0 Å². The number of hydrogen-bond donors (Lipinski definition) is 1. The maximum atomic E-state index is 13.5. The molecule has 1 saturated heterocycles. The van der Waals surface area contributed by atoms with E-state index in [0.29, 0.717) is 42.6 Å². The summed E-state index contributed by atoms with van der Waals surface area (Å²) in [6, 6.07) is 17.3. The van der Waals surface area contributed by atoms with Crippen LogP contribution in [0.3, 0.4) is 0 Å². The molecule has 0 bridgehead atoms. The first-order chi connectivity index (χ1) is 15.9. The van der Waals surface area contributed by atoms with Crippen molar-refractivity contribution >= 4 is 23.3 Å². The molecule has 0 radical (unpaired) electrons. The second-order valence-electron chi connectivity index (χ2n) is 7.80. The van der Waals surface area contributed by atoms with E-state index in [9.17, 15) is 13.6 Å². The summed E-state index contributed by atoms with van der Waals surface area (Å²) in [5.41, 5.74) is 2.32. The third-order valence-corrected chi connectivity index (χ3v) is 5.98. The minimum absolute atomic E-state index is 0.176. The van der Waals surface area contributed by atoms with E-state index in [1.165, 1.54) is 31.4 Å². The Hall–Kier alpha value is -3.16. The predicted molar refractivity (Wildman–Crippen MR) is 125 cm³/mol. The largest absolute Gasteiger partial charge is 0.495 e. The number of benzene rings is 3. The van der Waals surface area contributed by atoms with Gasteiger partial charge >= 0.3 is 6.03 Å². The molecule has 1 heterocycles. The highest BCUT2D eigenvalue weighted by molar-refractivity contribution is 6.31. The van der Waals surface area contributed by atoms with Crippen molar-refractivity contribution in [1.29, 1.82) is 0 Å². The second-order valence-corrected chi connectivity index (χ2v) is 8.24. The lowest BCUT2D eigenvalue weighted by Crippen LogP contribution is -2.51. The normalized spacial score (nSPS) is 14.4. The lowest BCUT2D eigenvalue weighted by molar-refractivity contribution is 0.126. The van der Waals surface area contributed by atoms with E-state index in [4.69, 9.17) is 16.3 Å². The third kappa shape index (κ3) is 5.43. The number of nitrogens with zero attached hydrogens (tertiary/aromatic N) is 2. The molecule has 172 valence electrons. The Kier molecular flexibility index (Phi) is 7.11. The molecule has 8 heteroatoms. The van der Waals surface area contributed by atoms with Crippen LogP contribution < -0.4 is 10.1 Å². The number of rotatable bonds is 5. The van der Waals surface area contributed by atoms with Crippen molar-refractivity contribution < 1.29 is 18.3 Å². The van der Waals surface area contributed by atoms with E-state index in [1.807, 2.05) is 0 Å². The lowest BCUT2D eigenvalue weighted by Gasteiger charge is -2.39. The Morgan fingerprint density at radius 3 is 1.97 bits per heavy atom. The summed E-state index contributed by atoms with van der Waals surface area (Å²) < 4.78 is 32.3. The highest BCUT2D eigenvalue weighted by Gasteiger charge is 2.28. The molecule has 1 aliphatic heterocycles. The highest BCUT2D eigenvalue weighted by Crippen LogP contribution is 2.31. The molecule has 0 atom stereocenters. The van der Waals surface area contributed by atoms with Crippen LogP contribution in [0.15, 0.2) is 66.7 Å². The van der Waals surface area contributed by atoms with Crippen molar-refractivity contribution in [1.82, 2.24) is 9.80 Å². The van der Waals surface area contributed by atoms with Crippen LogP contribution in [-0.2, 0) is 0 Å². The van der Waals surface area contributed by atoms with Crippen molar-refractivity contribution in [3.8, 4) is 5.75 Å². The molecule has 33 heavy (non-hydrogen) atoms. The monoisotopic (exact) mass is 471 g/mol. The molecule has 3 aromatic rings. The van der Waals surface area contributed by atoms with Gasteiger partial charge in [0.1, 0.15) is 17.4 Å². The molecule has 2 amide bonds. The third-order valence-electron chi connectivity index (χ3n) is 5.74. The fourth-order valence-electron chi connectivity index (χ4n) is 4.06. The zero-order chi connectivity index (χ0) is 23.4. The van der Waals surface area contributed by atoms with E-state index in [1.54, 1.807) is 47.4 Å². The van der Waals surface area contributed by atoms with Gasteiger partial charge in [0.05, 0.1) is 18.8 Å². The molecule has 0 aromatic heterocycles. The summed E-state index contributed by atoms with van der Waals surface area (Å²) in [5.74, 6) is -0.0943. The van der Waals surface area contributed by atoms with Crippen molar-refractivity contribution in [3.05, 3.63) is 94.5 Å². The molecule has 1 N–H and O–H groups in total. The summed E-state index contributed by atoms with van der Waals surface area (Å²) in [4.78, 5) is 16.8. The lowest BCUT2D eigenvalue weighted by atomic mass is 9.96. The molecule has 0 saturated carbocycles. The van der Waals surface area contributed by atoms with E-state index in [-0.39, 0.29) is 23.7 Å². The summed E-state index contributed by atoms with van der Waals surface area (Å²) in [5, 5.41) is 3.37. The van der Waals surface area contributed by atoms with E-state index in [0.717, 1.165) is 11.1 Å². The SMILES string of the molecule is COc1ccc(Cl)cc1NC(=O)N1CCN(C(c2ccc(F)cc2)c2ccc(F)cc2)CC1. The van der Waals surface area contributed by atoms with E-state index in [2.05, 4.69) is 10.2 Å². The number of anilines is 1. The Balaban J connectivity index is 1.48. The van der Waals surface area contributed by atoms with Gasteiger partial charge in [-0.25, -0.2) is 13.6 Å². The maximum absolute atomic E-state index is 13.5. The Labute approximate surface area is 196 Å². The van der Waals surface area contributed by atoms with Crippen LogP contribution in [-0.4, -0.2) is 49.1 Å². The van der Waals surface area contributed by atoms with Gasteiger partial charge in [-0.1, -0.05) is 35.9 Å². The first-order valence-corrected chi connectivity index (χ1v) is 11.0. The fraction of sp³-hybridized carbons (Fsp3) is 0.240. The molecule has 1 fully saturated rings. The van der Waals surface area contributed by atoms with Gasteiger partial charge in [-0.3, -0.25) is 4.90 Å². The molecule has 1 aliphatic rings. The van der Waals surface area contributed by atoms with Gasteiger partial charge in [0, 0.05) is 31.2 Å². The first kappa shape index (κ1) is 23.0. The maximum Gasteiger partial charge on any atom is 0.322 e. The van der Waals surface area contributed by atoms with Gasteiger partial charge in [-0.05, 0) is 53.6 Å². The van der Waals surface area contributed by atoms with E-state index < -0.39 is 0 Å². The molecule has 4 rings (SSSR count). The summed E-state index contributed by atoms with van der Waals surface area (Å²) in [6.07, 6.45) is 0. The smallest absolute Gasteiger partial charge is 0.322 e. The number of piperazine rings is 1. The van der Waals surface area contributed by atoms with Gasteiger partial charge in [0.25, 0.3) is 0 Å². The van der Waals surface area contributed by atoms with Gasteiger partial charge in [-0.2, -0.15) is 0 Å². The van der Waals surface area contributed by atoms with Crippen LogP contribution in [0.2, 0.25) is 5.02 Å². The summed E-state index contributed by atoms with van der Waals surface area (Å²) in [7, 11) is 1.53. The summed E-state index contributed by atoms with van der Waals surface area (Å²) >= 11 is 6.06. The van der Waals surface area contributed by atoms with Crippen LogP contribution in [0.25, 0.3) is 0 Å². The number of ether oxygens (including phenoxy) is 1. The minimum atomic E-state index is -0.311. The second kappa shape index (κ2) is 10.2. The Morgan fingerprint density at radius 2 is 1.45 bits per heavy atom. The van der Waals surface area contributed by atoms with Gasteiger partial charge in [-0.15, -0.1) is 0 Å². The number of halogens is 3. The quantitative estimate of drug-likeness (QED) is 0.529. The fourth-order valence-corrected chi connectivity index (χ4v) is 4.23. The van der Waals surface area contributed by atoms with Crippen molar-refractivity contribution in [2.24, 2.45) is 0 Å². The highest BCUT2D eigenvalue weighted by atomic mass is 35.5. The van der Waals surface area contributed by atoms with Crippen molar-refractivity contribution in [3.63, 3.8) is 0 Å². The molecular weight excluding hydrogens is 448 g/mol. The Bertz CT molecular complexity index is 1060. The van der Waals surface area contributed by atoms with Crippen LogP contribution in [0.1, 0.15) is 17.2 Å². The Morgan fingerprint density at radius 1 is 0.909 bits per heavy atom. The average Bonchev–Trinajstić information content (AvgIpc) is 2.82. The number of nitrogens with one attached hydrogen (secondary N) is 1. The molecule has 0 spiro atoms. The van der Waals surface area contributed by atoms with Crippen molar-refractivity contribution in [2.45, 2.75) is 6.04 Å². The van der Waals surface area contributed by atoms with E-state index >= 15 is 0 Å². The number of amides is 2. The number of urea groups is 1.